The molecule has 3 aromatic heterocycles. The third-order valence-electron chi connectivity index (χ3n) is 4.31. The minimum atomic E-state index is -0.0599. The van der Waals surface area contributed by atoms with Gasteiger partial charge >= 0.3 is 0 Å². The molecule has 1 saturated heterocycles. The average molecular weight is 330 g/mol. The molecule has 6 nitrogen and oxygen atoms in total. The van der Waals surface area contributed by atoms with Crippen LogP contribution in [0.3, 0.4) is 0 Å². The van der Waals surface area contributed by atoms with Crippen molar-refractivity contribution in [1.82, 2.24) is 24.1 Å². The van der Waals surface area contributed by atoms with Crippen molar-refractivity contribution in [2.45, 2.75) is 18.9 Å². The largest absolute Gasteiger partial charge is 0.336 e. The van der Waals surface area contributed by atoms with Gasteiger partial charge in [0.2, 0.25) is 0 Å². The van der Waals surface area contributed by atoms with Gasteiger partial charge in [-0.3, -0.25) is 4.79 Å². The molecule has 1 fully saturated rings. The normalized spacial score (nSPS) is 18.0. The minimum absolute atomic E-state index is 0.0101. The highest BCUT2D eigenvalue weighted by molar-refractivity contribution is 6.30. The van der Waals surface area contributed by atoms with Crippen LogP contribution >= 0.6 is 11.6 Å². The Bertz CT molecular complexity index is 884. The van der Waals surface area contributed by atoms with E-state index in [9.17, 15) is 4.79 Å². The maximum absolute atomic E-state index is 12.9. The van der Waals surface area contributed by atoms with Crippen molar-refractivity contribution in [2.24, 2.45) is 7.05 Å². The van der Waals surface area contributed by atoms with E-state index < -0.39 is 0 Å². The molecule has 4 heterocycles. The van der Waals surface area contributed by atoms with E-state index in [1.54, 1.807) is 35.1 Å². The molecule has 1 aliphatic heterocycles. The summed E-state index contributed by atoms with van der Waals surface area (Å²) in [7, 11) is 1.95. The van der Waals surface area contributed by atoms with Gasteiger partial charge < -0.3 is 9.47 Å². The zero-order valence-electron chi connectivity index (χ0n) is 12.7. The Kier molecular flexibility index (Phi) is 3.34. The van der Waals surface area contributed by atoms with E-state index in [4.69, 9.17) is 11.6 Å². The maximum Gasteiger partial charge on any atom is 0.275 e. The van der Waals surface area contributed by atoms with Crippen LogP contribution in [0.25, 0.3) is 5.52 Å². The first-order chi connectivity index (χ1) is 11.1. The quantitative estimate of drug-likeness (QED) is 0.726. The van der Waals surface area contributed by atoms with Crippen LogP contribution in [-0.2, 0) is 7.05 Å². The van der Waals surface area contributed by atoms with E-state index in [0.29, 0.717) is 10.7 Å². The second kappa shape index (κ2) is 5.38. The zero-order valence-corrected chi connectivity index (χ0v) is 13.4. The summed E-state index contributed by atoms with van der Waals surface area (Å²) < 4.78 is 3.64. The number of imidazole rings is 1. The van der Waals surface area contributed by atoms with Gasteiger partial charge in [0.25, 0.3) is 5.91 Å². The number of fused-ring (bicyclic) bond motifs is 1. The second-order valence-electron chi connectivity index (χ2n) is 5.80. The molecule has 7 heteroatoms. The number of aryl methyl sites for hydroxylation is 1. The molecule has 4 rings (SSSR count). The molecule has 0 radical (unpaired) electrons. The number of carbonyl (C=O) groups is 1. The predicted octanol–water partition coefficient (Wildman–Crippen LogP) is 2.70. The molecule has 1 amide bonds. The first kappa shape index (κ1) is 14.3. The summed E-state index contributed by atoms with van der Waals surface area (Å²) in [5.74, 6) is 0.859. The van der Waals surface area contributed by atoms with Crippen molar-refractivity contribution < 1.29 is 4.79 Å². The summed E-state index contributed by atoms with van der Waals surface area (Å²) in [6, 6.07) is 5.34. The van der Waals surface area contributed by atoms with Gasteiger partial charge in [-0.05, 0) is 31.0 Å². The summed E-state index contributed by atoms with van der Waals surface area (Å²) in [6.07, 6.45) is 7.33. The van der Waals surface area contributed by atoms with Crippen LogP contribution in [-0.4, -0.2) is 36.5 Å². The van der Waals surface area contributed by atoms with Gasteiger partial charge in [-0.2, -0.15) is 5.10 Å². The van der Waals surface area contributed by atoms with Gasteiger partial charge in [-0.15, -0.1) is 0 Å². The maximum atomic E-state index is 12.9. The van der Waals surface area contributed by atoms with E-state index >= 15 is 0 Å². The summed E-state index contributed by atoms with van der Waals surface area (Å²) in [6.45, 7) is 0.727. The second-order valence-corrected chi connectivity index (χ2v) is 6.23. The first-order valence-corrected chi connectivity index (χ1v) is 7.94. The molecule has 1 unspecified atom stereocenters. The van der Waals surface area contributed by atoms with Crippen LogP contribution in [0.15, 0.2) is 36.8 Å². The third-order valence-corrected chi connectivity index (χ3v) is 4.55. The first-order valence-electron chi connectivity index (χ1n) is 7.56. The number of rotatable bonds is 2. The molecule has 1 aliphatic rings. The van der Waals surface area contributed by atoms with Crippen molar-refractivity contribution in [3.63, 3.8) is 0 Å². The standard InChI is InChI=1S/C16H16ClN5O/c1-20-8-5-18-15(20)14-3-2-6-21(14)16(23)13-10-12-9-11(17)4-7-22(12)19-13/h4-5,7-10,14H,2-3,6H2,1H3. The smallest absolute Gasteiger partial charge is 0.275 e. The molecule has 0 N–H and O–H groups in total. The number of aromatic nitrogens is 4. The third kappa shape index (κ3) is 2.39. The highest BCUT2D eigenvalue weighted by Gasteiger charge is 2.33. The van der Waals surface area contributed by atoms with Crippen LogP contribution in [0.5, 0.6) is 0 Å². The van der Waals surface area contributed by atoms with Crippen LogP contribution in [0.4, 0.5) is 0 Å². The van der Waals surface area contributed by atoms with Crippen molar-refractivity contribution in [2.75, 3.05) is 6.54 Å². The summed E-state index contributed by atoms with van der Waals surface area (Å²) in [5, 5.41) is 5.00. The van der Waals surface area contributed by atoms with Crippen molar-refractivity contribution in [3.05, 3.63) is 53.3 Å². The Balaban J connectivity index is 1.68. The molecular formula is C16H16ClN5O. The Morgan fingerprint density at radius 3 is 3.00 bits per heavy atom. The minimum Gasteiger partial charge on any atom is -0.336 e. The fourth-order valence-corrected chi connectivity index (χ4v) is 3.36. The number of pyridine rings is 1. The van der Waals surface area contributed by atoms with Crippen molar-refractivity contribution in [1.29, 1.82) is 0 Å². The van der Waals surface area contributed by atoms with E-state index in [1.165, 1.54) is 0 Å². The van der Waals surface area contributed by atoms with Gasteiger partial charge in [0.15, 0.2) is 5.69 Å². The molecule has 0 aliphatic carbocycles. The number of halogens is 1. The fraction of sp³-hybridized carbons (Fsp3) is 0.312. The lowest BCUT2D eigenvalue weighted by Gasteiger charge is -2.23. The Labute approximate surface area is 138 Å². The Hall–Kier alpha value is -2.34. The van der Waals surface area contributed by atoms with Gasteiger partial charge in [0, 0.05) is 37.2 Å². The lowest BCUT2D eigenvalue weighted by atomic mass is 10.2. The van der Waals surface area contributed by atoms with E-state index in [-0.39, 0.29) is 11.9 Å². The molecule has 1 atom stereocenters. The number of hydrogen-bond acceptors (Lipinski definition) is 3. The van der Waals surface area contributed by atoms with Crippen LogP contribution < -0.4 is 0 Å². The molecule has 0 spiro atoms. The van der Waals surface area contributed by atoms with E-state index in [0.717, 1.165) is 30.7 Å². The molecule has 0 bridgehead atoms. The molecule has 3 aromatic rings. The highest BCUT2D eigenvalue weighted by atomic mass is 35.5. The van der Waals surface area contributed by atoms with Crippen LogP contribution in [0.2, 0.25) is 5.02 Å². The number of carbonyl (C=O) groups excluding carboxylic acids is 1. The number of nitrogens with zero attached hydrogens (tertiary/aromatic N) is 5. The molecule has 118 valence electrons. The number of hydrogen-bond donors (Lipinski definition) is 0. The average Bonchev–Trinajstić information content (AvgIpc) is 3.23. The lowest BCUT2D eigenvalue weighted by molar-refractivity contribution is 0.0722. The van der Waals surface area contributed by atoms with Crippen molar-refractivity contribution in [3.8, 4) is 0 Å². The SMILES string of the molecule is Cn1ccnc1C1CCCN1C(=O)c1cc2cc(Cl)ccn2n1. The van der Waals surface area contributed by atoms with Crippen molar-refractivity contribution >= 4 is 23.0 Å². The van der Waals surface area contributed by atoms with Gasteiger partial charge in [-0.25, -0.2) is 9.50 Å². The summed E-state index contributed by atoms with van der Waals surface area (Å²) >= 11 is 6.00. The number of likely N-dealkylation sites (tertiary alicyclic amines) is 1. The molecule has 0 aromatic carbocycles. The van der Waals surface area contributed by atoms with E-state index in [1.807, 2.05) is 22.7 Å². The topological polar surface area (TPSA) is 55.4 Å². The highest BCUT2D eigenvalue weighted by Crippen LogP contribution is 2.32. The molecule has 23 heavy (non-hydrogen) atoms. The Morgan fingerprint density at radius 2 is 2.22 bits per heavy atom. The molecular weight excluding hydrogens is 314 g/mol. The van der Waals surface area contributed by atoms with Gasteiger partial charge in [0.1, 0.15) is 5.82 Å². The van der Waals surface area contributed by atoms with Crippen LogP contribution in [0, 0.1) is 0 Å². The van der Waals surface area contributed by atoms with E-state index in [2.05, 4.69) is 10.1 Å². The predicted molar refractivity (Wildman–Crippen MR) is 86.4 cm³/mol. The van der Waals surface area contributed by atoms with Gasteiger partial charge in [-0.1, -0.05) is 11.6 Å². The fourth-order valence-electron chi connectivity index (χ4n) is 3.20. The monoisotopic (exact) mass is 329 g/mol. The summed E-state index contributed by atoms with van der Waals surface area (Å²) in [4.78, 5) is 19.2. The Morgan fingerprint density at radius 1 is 1.35 bits per heavy atom. The zero-order chi connectivity index (χ0) is 16.0. The lowest BCUT2D eigenvalue weighted by Crippen LogP contribution is -2.32. The van der Waals surface area contributed by atoms with Gasteiger partial charge in [0.05, 0.1) is 11.6 Å². The molecule has 0 saturated carbocycles. The summed E-state index contributed by atoms with van der Waals surface area (Å²) in [5.41, 5.74) is 1.25. The number of amides is 1. The van der Waals surface area contributed by atoms with Crippen LogP contribution in [0.1, 0.15) is 35.2 Å².